The summed E-state index contributed by atoms with van der Waals surface area (Å²) in [6.45, 7) is 1.05. The molecule has 1 fully saturated rings. The van der Waals surface area contributed by atoms with Gasteiger partial charge >= 0.3 is 0 Å². The molecule has 3 aromatic rings. The Balaban J connectivity index is 1.24. The highest BCUT2D eigenvalue weighted by Crippen LogP contribution is 2.23. The highest BCUT2D eigenvalue weighted by atomic mass is 32.2. The van der Waals surface area contributed by atoms with E-state index in [9.17, 15) is 21.6 Å². The van der Waals surface area contributed by atoms with Crippen molar-refractivity contribution in [1.82, 2.24) is 13.9 Å². The zero-order chi connectivity index (χ0) is 26.5. The van der Waals surface area contributed by atoms with Gasteiger partial charge in [-0.15, -0.1) is 0 Å². The third-order valence-electron chi connectivity index (χ3n) is 6.26. The van der Waals surface area contributed by atoms with E-state index in [-0.39, 0.29) is 29.5 Å². The molecule has 0 unspecified atom stereocenters. The van der Waals surface area contributed by atoms with E-state index in [1.807, 2.05) is 24.3 Å². The maximum Gasteiger partial charge on any atom is 0.243 e. The Morgan fingerprint density at radius 2 is 1.54 bits per heavy atom. The summed E-state index contributed by atoms with van der Waals surface area (Å²) in [5.74, 6) is 0.0151. The topological polar surface area (TPSA) is 113 Å². The van der Waals surface area contributed by atoms with Crippen LogP contribution in [0.25, 0.3) is 10.8 Å². The van der Waals surface area contributed by atoms with Gasteiger partial charge in [-0.05, 0) is 60.0 Å². The van der Waals surface area contributed by atoms with Gasteiger partial charge in [-0.1, -0.05) is 36.8 Å². The Bertz CT molecular complexity index is 1450. The number of piperidine rings is 1. The van der Waals surface area contributed by atoms with Gasteiger partial charge in [0.15, 0.2) is 0 Å². The van der Waals surface area contributed by atoms with E-state index in [1.165, 1.54) is 29.6 Å². The Hall–Kier alpha value is -2.99. The molecule has 0 aromatic heterocycles. The van der Waals surface area contributed by atoms with Gasteiger partial charge in [-0.2, -0.15) is 8.61 Å². The molecule has 9 nitrogen and oxygen atoms in total. The Labute approximate surface area is 218 Å². The lowest BCUT2D eigenvalue weighted by Crippen LogP contribution is -2.39. The molecule has 1 aliphatic rings. The van der Waals surface area contributed by atoms with Gasteiger partial charge in [0, 0.05) is 20.1 Å². The molecule has 0 radical (unpaired) electrons. The summed E-state index contributed by atoms with van der Waals surface area (Å²) in [4.78, 5) is 12.7. The van der Waals surface area contributed by atoms with Crippen molar-refractivity contribution in [3.05, 3.63) is 66.7 Å². The van der Waals surface area contributed by atoms with Crippen LogP contribution in [-0.2, 0) is 24.8 Å². The number of likely N-dealkylation sites (N-methyl/N-ethyl adjacent to an activating group) is 1. The molecule has 0 spiro atoms. The first kappa shape index (κ1) is 27.1. The smallest absolute Gasteiger partial charge is 0.243 e. The summed E-state index contributed by atoms with van der Waals surface area (Å²) in [5.41, 5.74) is 0. The van der Waals surface area contributed by atoms with E-state index in [4.69, 9.17) is 4.74 Å². The molecule has 0 bridgehead atoms. The van der Waals surface area contributed by atoms with Crippen LogP contribution in [-0.4, -0.2) is 71.2 Å². The third kappa shape index (κ3) is 6.48. The molecule has 1 saturated heterocycles. The van der Waals surface area contributed by atoms with Crippen molar-refractivity contribution in [2.45, 2.75) is 29.1 Å². The zero-order valence-corrected chi connectivity index (χ0v) is 22.3. The Morgan fingerprint density at radius 1 is 0.892 bits per heavy atom. The number of ether oxygens (including phenoxy) is 1. The molecular weight excluding hydrogens is 514 g/mol. The molecule has 1 heterocycles. The summed E-state index contributed by atoms with van der Waals surface area (Å²) in [5, 5.41) is 4.38. The van der Waals surface area contributed by atoms with Gasteiger partial charge in [0.25, 0.3) is 0 Å². The summed E-state index contributed by atoms with van der Waals surface area (Å²) in [7, 11) is -5.98. The monoisotopic (exact) mass is 545 g/mol. The van der Waals surface area contributed by atoms with Gasteiger partial charge in [0.2, 0.25) is 26.0 Å². The highest BCUT2D eigenvalue weighted by Gasteiger charge is 2.26. The van der Waals surface area contributed by atoms with Crippen LogP contribution in [0, 0.1) is 0 Å². The van der Waals surface area contributed by atoms with Gasteiger partial charge in [-0.25, -0.2) is 16.8 Å². The van der Waals surface area contributed by atoms with Crippen molar-refractivity contribution in [3.63, 3.8) is 0 Å². The molecule has 11 heteroatoms. The number of hydrogen-bond acceptors (Lipinski definition) is 6. The first-order chi connectivity index (χ1) is 17.7. The van der Waals surface area contributed by atoms with E-state index >= 15 is 0 Å². The van der Waals surface area contributed by atoms with Gasteiger partial charge < -0.3 is 10.1 Å². The van der Waals surface area contributed by atoms with Crippen molar-refractivity contribution >= 4 is 36.7 Å². The van der Waals surface area contributed by atoms with Crippen molar-refractivity contribution in [3.8, 4) is 5.75 Å². The number of nitrogens with one attached hydrogen (secondary N) is 1. The van der Waals surface area contributed by atoms with Crippen molar-refractivity contribution in [2.75, 3.05) is 39.8 Å². The van der Waals surface area contributed by atoms with Crippen LogP contribution in [0.4, 0.5) is 0 Å². The van der Waals surface area contributed by atoms with E-state index in [0.717, 1.165) is 34.3 Å². The number of carbonyl (C=O) groups is 1. The SMILES string of the molecule is CN(CC(=O)NCCOc1ccc(S(=O)(=O)N2CCCCC2)cc1)S(=O)(=O)c1ccc2ccccc2c1. The first-order valence-electron chi connectivity index (χ1n) is 12.1. The lowest BCUT2D eigenvalue weighted by molar-refractivity contribution is -0.121. The maximum absolute atomic E-state index is 12.9. The summed E-state index contributed by atoms with van der Waals surface area (Å²) >= 11 is 0. The average molecular weight is 546 g/mol. The van der Waals surface area contributed by atoms with Crippen LogP contribution in [0.3, 0.4) is 0 Å². The average Bonchev–Trinajstić information content (AvgIpc) is 2.91. The lowest BCUT2D eigenvalue weighted by atomic mass is 10.1. The summed E-state index contributed by atoms with van der Waals surface area (Å²) < 4.78 is 59.4. The lowest BCUT2D eigenvalue weighted by Gasteiger charge is -2.25. The number of sulfonamides is 2. The van der Waals surface area contributed by atoms with Crippen LogP contribution >= 0.6 is 0 Å². The molecule has 0 saturated carbocycles. The number of amides is 1. The molecule has 0 atom stereocenters. The predicted octanol–water partition coefficient (Wildman–Crippen LogP) is 2.83. The van der Waals surface area contributed by atoms with Crippen LogP contribution < -0.4 is 10.1 Å². The molecule has 4 rings (SSSR count). The van der Waals surface area contributed by atoms with Crippen molar-refractivity contribution in [2.24, 2.45) is 0 Å². The van der Waals surface area contributed by atoms with Crippen LogP contribution in [0.15, 0.2) is 76.5 Å². The predicted molar refractivity (Wildman–Crippen MR) is 141 cm³/mol. The van der Waals surface area contributed by atoms with E-state index in [1.54, 1.807) is 24.3 Å². The molecule has 1 aliphatic heterocycles. The number of benzene rings is 3. The van der Waals surface area contributed by atoms with Crippen molar-refractivity contribution < 1.29 is 26.4 Å². The minimum absolute atomic E-state index is 0.121. The minimum atomic E-state index is -3.83. The Kier molecular flexibility index (Phi) is 8.48. The van der Waals surface area contributed by atoms with Gasteiger partial charge in [-0.3, -0.25) is 4.79 Å². The van der Waals surface area contributed by atoms with Crippen LogP contribution in [0.1, 0.15) is 19.3 Å². The molecule has 198 valence electrons. The fourth-order valence-corrected chi connectivity index (χ4v) is 6.85. The molecule has 1 amide bonds. The largest absolute Gasteiger partial charge is 0.492 e. The van der Waals surface area contributed by atoms with Gasteiger partial charge in [0.05, 0.1) is 22.9 Å². The number of hydrogen-bond donors (Lipinski definition) is 1. The fraction of sp³-hybridized carbons (Fsp3) is 0.346. The third-order valence-corrected chi connectivity index (χ3v) is 9.98. The second-order valence-corrected chi connectivity index (χ2v) is 12.9. The highest BCUT2D eigenvalue weighted by molar-refractivity contribution is 7.89. The van der Waals surface area contributed by atoms with E-state index in [0.29, 0.717) is 18.8 Å². The summed E-state index contributed by atoms with van der Waals surface area (Å²) in [6.07, 6.45) is 2.79. The van der Waals surface area contributed by atoms with Crippen LogP contribution in [0.2, 0.25) is 0 Å². The normalized spacial score (nSPS) is 15.1. The fourth-order valence-electron chi connectivity index (χ4n) is 4.17. The second kappa shape index (κ2) is 11.6. The zero-order valence-electron chi connectivity index (χ0n) is 20.7. The maximum atomic E-state index is 12.9. The number of nitrogens with zero attached hydrogens (tertiary/aromatic N) is 2. The molecule has 3 aromatic carbocycles. The summed E-state index contributed by atoms with van der Waals surface area (Å²) in [6, 6.07) is 18.5. The Morgan fingerprint density at radius 3 is 2.24 bits per heavy atom. The first-order valence-corrected chi connectivity index (χ1v) is 15.0. The standard InChI is InChI=1S/C26H31N3O6S2/c1-28(36(31,32)25-12-9-21-7-3-4-8-22(21)19-25)20-26(30)27-15-18-35-23-10-13-24(14-11-23)37(33,34)29-16-5-2-6-17-29/h3-4,7-14,19H,2,5-6,15-18,20H2,1H3,(H,27,30). The van der Waals surface area contributed by atoms with E-state index < -0.39 is 26.0 Å². The van der Waals surface area contributed by atoms with Crippen LogP contribution in [0.5, 0.6) is 5.75 Å². The molecule has 37 heavy (non-hydrogen) atoms. The number of carbonyl (C=O) groups excluding carboxylic acids is 1. The number of fused-ring (bicyclic) bond motifs is 1. The van der Waals surface area contributed by atoms with E-state index in [2.05, 4.69) is 5.32 Å². The van der Waals surface area contributed by atoms with Gasteiger partial charge in [0.1, 0.15) is 12.4 Å². The molecule has 1 N–H and O–H groups in total. The molecule has 0 aliphatic carbocycles. The number of rotatable bonds is 10. The minimum Gasteiger partial charge on any atom is -0.492 e. The molecular formula is C26H31N3O6S2. The van der Waals surface area contributed by atoms with Crippen molar-refractivity contribution in [1.29, 1.82) is 0 Å². The quantitative estimate of drug-likeness (QED) is 0.392. The second-order valence-electron chi connectivity index (χ2n) is 8.90.